The second-order valence-electron chi connectivity index (χ2n) is 9.87. The van der Waals surface area contributed by atoms with E-state index in [2.05, 4.69) is 39.6 Å². The molecular formula is C26H35N3O2S. The van der Waals surface area contributed by atoms with Crippen LogP contribution in [0.3, 0.4) is 0 Å². The molecule has 1 heterocycles. The van der Waals surface area contributed by atoms with E-state index >= 15 is 0 Å². The summed E-state index contributed by atoms with van der Waals surface area (Å²) in [4.78, 5) is 0.352. The van der Waals surface area contributed by atoms with E-state index in [1.165, 1.54) is 37.7 Å². The first-order valence-corrected chi connectivity index (χ1v) is 13.7. The summed E-state index contributed by atoms with van der Waals surface area (Å²) >= 11 is 0. The first-order chi connectivity index (χ1) is 15.6. The molecule has 2 aromatic carbocycles. The topological polar surface area (TPSA) is 70.2 Å². The van der Waals surface area contributed by atoms with Crippen molar-refractivity contribution in [3.63, 3.8) is 0 Å². The summed E-state index contributed by atoms with van der Waals surface area (Å²) in [6.45, 7) is 1.60. The summed E-state index contributed by atoms with van der Waals surface area (Å²) in [6, 6.07) is 18.2. The maximum atomic E-state index is 12.4. The minimum Gasteiger partial charge on any atom is -0.302 e. The van der Waals surface area contributed by atoms with Crippen LogP contribution in [0.2, 0.25) is 0 Å². The molecule has 6 heteroatoms. The molecule has 1 aliphatic heterocycles. The molecular weight excluding hydrogens is 418 g/mol. The molecule has 2 aromatic rings. The monoisotopic (exact) mass is 453 g/mol. The highest BCUT2D eigenvalue weighted by Gasteiger charge is 2.38. The summed E-state index contributed by atoms with van der Waals surface area (Å²) in [6.07, 6.45) is 8.56. The number of benzene rings is 2. The van der Waals surface area contributed by atoms with Crippen molar-refractivity contribution in [2.45, 2.75) is 68.0 Å². The first kappa shape index (κ1) is 22.1. The average Bonchev–Trinajstić information content (AvgIpc) is 3.26. The van der Waals surface area contributed by atoms with Gasteiger partial charge in [0.15, 0.2) is 0 Å². The summed E-state index contributed by atoms with van der Waals surface area (Å²) < 4.78 is 27.7. The van der Waals surface area contributed by atoms with E-state index in [-0.39, 0.29) is 0 Å². The quantitative estimate of drug-likeness (QED) is 0.597. The van der Waals surface area contributed by atoms with Gasteiger partial charge >= 0.3 is 0 Å². The van der Waals surface area contributed by atoms with Crippen molar-refractivity contribution in [1.29, 1.82) is 0 Å². The standard InChI is InChI=1S/C26H35N3O2S/c30-32(31,22-7-2-1-3-8-22)28-18-20-12-10-19(11-13-20)17-27-26-16-24-23-9-5-4-6-21(23)14-15-25(24)29-26/h1-9,19-20,24-29H,10-18H2. The van der Waals surface area contributed by atoms with Gasteiger partial charge in [-0.05, 0) is 86.6 Å². The van der Waals surface area contributed by atoms with Gasteiger partial charge in [0.1, 0.15) is 0 Å². The van der Waals surface area contributed by atoms with E-state index in [0.717, 1.165) is 19.4 Å². The number of hydrogen-bond acceptors (Lipinski definition) is 4. The van der Waals surface area contributed by atoms with Crippen LogP contribution in [0.4, 0.5) is 0 Å². The molecule has 1 saturated carbocycles. The average molecular weight is 454 g/mol. The normalized spacial score (nSPS) is 29.9. The molecule has 0 aromatic heterocycles. The third-order valence-corrected chi connectivity index (χ3v) is 9.24. The highest BCUT2D eigenvalue weighted by Crippen LogP contribution is 2.38. The van der Waals surface area contributed by atoms with E-state index in [4.69, 9.17) is 0 Å². The lowest BCUT2D eigenvalue weighted by Crippen LogP contribution is -2.43. The molecule has 1 saturated heterocycles. The first-order valence-electron chi connectivity index (χ1n) is 12.2. The van der Waals surface area contributed by atoms with Gasteiger partial charge in [0, 0.05) is 18.5 Å². The molecule has 172 valence electrons. The molecule has 0 spiro atoms. The van der Waals surface area contributed by atoms with Gasteiger partial charge in [-0.15, -0.1) is 0 Å². The molecule has 3 aliphatic rings. The second-order valence-corrected chi connectivity index (χ2v) is 11.6. The van der Waals surface area contributed by atoms with E-state index in [0.29, 0.717) is 41.4 Å². The van der Waals surface area contributed by atoms with E-state index < -0.39 is 10.0 Å². The Balaban J connectivity index is 1.05. The molecule has 3 atom stereocenters. The predicted octanol–water partition coefficient (Wildman–Crippen LogP) is 3.78. The zero-order valence-electron chi connectivity index (χ0n) is 18.7. The Kier molecular flexibility index (Phi) is 6.65. The predicted molar refractivity (Wildman–Crippen MR) is 128 cm³/mol. The van der Waals surface area contributed by atoms with Gasteiger partial charge in [-0.3, -0.25) is 5.32 Å². The Bertz CT molecular complexity index is 1000. The van der Waals surface area contributed by atoms with Crippen LogP contribution in [0.5, 0.6) is 0 Å². The number of hydrogen-bond donors (Lipinski definition) is 3. The molecule has 3 N–H and O–H groups in total. The number of rotatable bonds is 7. The van der Waals surface area contributed by atoms with Gasteiger partial charge in [0.05, 0.1) is 11.1 Å². The van der Waals surface area contributed by atoms with Gasteiger partial charge in [0.25, 0.3) is 0 Å². The van der Waals surface area contributed by atoms with Crippen LogP contribution in [0, 0.1) is 11.8 Å². The van der Waals surface area contributed by atoms with Gasteiger partial charge < -0.3 is 5.32 Å². The minimum atomic E-state index is -3.40. The van der Waals surface area contributed by atoms with E-state index in [1.54, 1.807) is 29.8 Å². The fraction of sp³-hybridized carbons (Fsp3) is 0.538. The van der Waals surface area contributed by atoms with Crippen LogP contribution < -0.4 is 15.4 Å². The third kappa shape index (κ3) is 4.93. The minimum absolute atomic E-state index is 0.352. The van der Waals surface area contributed by atoms with E-state index in [9.17, 15) is 8.42 Å². The zero-order valence-corrected chi connectivity index (χ0v) is 19.5. The Labute approximate surface area is 192 Å². The van der Waals surface area contributed by atoms with Crippen molar-refractivity contribution < 1.29 is 8.42 Å². The maximum absolute atomic E-state index is 12.4. The Hall–Kier alpha value is -1.73. The Morgan fingerprint density at radius 1 is 0.844 bits per heavy atom. The summed E-state index contributed by atoms with van der Waals surface area (Å²) in [5, 5.41) is 7.66. The van der Waals surface area contributed by atoms with Crippen molar-refractivity contribution in [2.24, 2.45) is 11.8 Å². The van der Waals surface area contributed by atoms with Crippen LogP contribution >= 0.6 is 0 Å². The largest absolute Gasteiger partial charge is 0.302 e. The Morgan fingerprint density at radius 2 is 1.53 bits per heavy atom. The van der Waals surface area contributed by atoms with Crippen molar-refractivity contribution in [3.8, 4) is 0 Å². The van der Waals surface area contributed by atoms with Crippen LogP contribution in [0.15, 0.2) is 59.5 Å². The van der Waals surface area contributed by atoms with Gasteiger partial charge in [-0.1, -0.05) is 42.5 Å². The lowest BCUT2D eigenvalue weighted by Gasteiger charge is -2.29. The van der Waals surface area contributed by atoms with Gasteiger partial charge in [-0.25, -0.2) is 13.1 Å². The number of fused-ring (bicyclic) bond motifs is 3. The summed E-state index contributed by atoms with van der Waals surface area (Å²) in [5.74, 6) is 1.77. The number of nitrogens with one attached hydrogen (secondary N) is 3. The number of sulfonamides is 1. The van der Waals surface area contributed by atoms with Crippen molar-refractivity contribution in [1.82, 2.24) is 15.4 Å². The molecule has 0 radical (unpaired) electrons. The molecule has 0 amide bonds. The number of aryl methyl sites for hydroxylation is 1. The van der Waals surface area contributed by atoms with Crippen LogP contribution in [0.25, 0.3) is 0 Å². The third-order valence-electron chi connectivity index (χ3n) is 7.80. The van der Waals surface area contributed by atoms with Crippen molar-refractivity contribution in [2.75, 3.05) is 13.1 Å². The van der Waals surface area contributed by atoms with E-state index in [1.807, 2.05) is 6.07 Å². The van der Waals surface area contributed by atoms with Crippen LogP contribution in [-0.2, 0) is 16.4 Å². The van der Waals surface area contributed by atoms with Gasteiger partial charge in [-0.2, -0.15) is 0 Å². The SMILES string of the molecule is O=S(=O)(NCC1CCC(CNC2CC3c4ccccc4CCC3N2)CC1)c1ccccc1. The molecule has 5 rings (SSSR count). The second kappa shape index (κ2) is 9.64. The molecule has 3 unspecified atom stereocenters. The van der Waals surface area contributed by atoms with Crippen molar-refractivity contribution >= 4 is 10.0 Å². The van der Waals surface area contributed by atoms with Gasteiger partial charge in [0.2, 0.25) is 10.0 Å². The molecule has 0 bridgehead atoms. The smallest absolute Gasteiger partial charge is 0.240 e. The van der Waals surface area contributed by atoms with Crippen LogP contribution in [0.1, 0.15) is 55.6 Å². The lowest BCUT2D eigenvalue weighted by molar-refractivity contribution is 0.258. The Morgan fingerprint density at radius 3 is 2.31 bits per heavy atom. The maximum Gasteiger partial charge on any atom is 0.240 e. The zero-order chi connectivity index (χ0) is 22.0. The fourth-order valence-electron chi connectivity index (χ4n) is 5.93. The molecule has 32 heavy (non-hydrogen) atoms. The summed E-state index contributed by atoms with van der Waals surface area (Å²) in [7, 11) is -3.40. The molecule has 2 fully saturated rings. The molecule has 2 aliphatic carbocycles. The van der Waals surface area contributed by atoms with Crippen LogP contribution in [-0.4, -0.2) is 33.7 Å². The fourth-order valence-corrected chi connectivity index (χ4v) is 7.06. The summed E-state index contributed by atoms with van der Waals surface area (Å²) in [5.41, 5.74) is 3.09. The van der Waals surface area contributed by atoms with Crippen molar-refractivity contribution in [3.05, 3.63) is 65.7 Å². The highest BCUT2D eigenvalue weighted by atomic mass is 32.2. The highest BCUT2D eigenvalue weighted by molar-refractivity contribution is 7.89. The lowest BCUT2D eigenvalue weighted by atomic mass is 9.80. The molecule has 5 nitrogen and oxygen atoms in total.